The van der Waals surface area contributed by atoms with Crippen molar-refractivity contribution in [1.82, 2.24) is 0 Å². The van der Waals surface area contributed by atoms with Gasteiger partial charge in [0.15, 0.2) is 0 Å². The molecule has 0 saturated carbocycles. The second kappa shape index (κ2) is 9.56. The SMILES string of the molecule is N#Cc1ccccc1-c1ccc(CCCCOCc2ccccc2)cc1. The van der Waals surface area contributed by atoms with Crippen molar-refractivity contribution in [2.45, 2.75) is 25.9 Å². The van der Waals surface area contributed by atoms with Crippen LogP contribution < -0.4 is 0 Å². The second-order valence-electron chi connectivity index (χ2n) is 6.35. The molecular formula is C24H23NO. The number of unbranched alkanes of at least 4 members (excludes halogenated alkanes) is 1. The molecule has 130 valence electrons. The van der Waals surface area contributed by atoms with Crippen LogP contribution in [0.3, 0.4) is 0 Å². The van der Waals surface area contributed by atoms with Gasteiger partial charge in [0.1, 0.15) is 0 Å². The minimum absolute atomic E-state index is 0.688. The summed E-state index contributed by atoms with van der Waals surface area (Å²) in [6.07, 6.45) is 3.23. The molecule has 0 atom stereocenters. The molecule has 0 heterocycles. The maximum atomic E-state index is 9.23. The lowest BCUT2D eigenvalue weighted by atomic mass is 9.98. The van der Waals surface area contributed by atoms with Gasteiger partial charge in [0.2, 0.25) is 0 Å². The Bertz CT molecular complexity index is 847. The van der Waals surface area contributed by atoms with Gasteiger partial charge in [0.25, 0.3) is 0 Å². The van der Waals surface area contributed by atoms with Crippen LogP contribution in [0.2, 0.25) is 0 Å². The van der Waals surface area contributed by atoms with E-state index >= 15 is 0 Å². The van der Waals surface area contributed by atoms with Crippen LogP contribution in [-0.2, 0) is 17.8 Å². The molecule has 3 aromatic rings. The summed E-state index contributed by atoms with van der Waals surface area (Å²) in [6, 6.07) is 28.8. The molecule has 0 saturated heterocycles. The molecule has 0 amide bonds. The maximum absolute atomic E-state index is 9.23. The number of ether oxygens (including phenoxy) is 1. The predicted molar refractivity (Wildman–Crippen MR) is 106 cm³/mol. The quantitative estimate of drug-likeness (QED) is 0.488. The number of rotatable bonds is 8. The van der Waals surface area contributed by atoms with E-state index in [1.807, 2.05) is 42.5 Å². The average molecular weight is 341 g/mol. The topological polar surface area (TPSA) is 33.0 Å². The van der Waals surface area contributed by atoms with Crippen molar-refractivity contribution in [1.29, 1.82) is 5.26 Å². The van der Waals surface area contributed by atoms with Gasteiger partial charge in [-0.25, -0.2) is 0 Å². The highest BCUT2D eigenvalue weighted by Gasteiger charge is 2.04. The molecule has 0 unspecified atom stereocenters. The van der Waals surface area contributed by atoms with Crippen molar-refractivity contribution in [2.24, 2.45) is 0 Å². The van der Waals surface area contributed by atoms with Gasteiger partial charge in [0.05, 0.1) is 18.2 Å². The smallest absolute Gasteiger partial charge is 0.0998 e. The number of aryl methyl sites for hydroxylation is 1. The van der Waals surface area contributed by atoms with E-state index in [1.54, 1.807) is 0 Å². The Labute approximate surface area is 155 Å². The first-order valence-corrected chi connectivity index (χ1v) is 9.07. The minimum Gasteiger partial charge on any atom is -0.377 e. The van der Waals surface area contributed by atoms with Gasteiger partial charge in [0, 0.05) is 6.61 Å². The molecule has 26 heavy (non-hydrogen) atoms. The molecule has 0 aliphatic rings. The van der Waals surface area contributed by atoms with E-state index in [1.165, 1.54) is 11.1 Å². The Morgan fingerprint density at radius 1 is 0.731 bits per heavy atom. The number of hydrogen-bond donors (Lipinski definition) is 0. The summed E-state index contributed by atoms with van der Waals surface area (Å²) < 4.78 is 5.73. The number of nitriles is 1. The number of benzene rings is 3. The monoisotopic (exact) mass is 341 g/mol. The molecule has 3 rings (SSSR count). The van der Waals surface area contributed by atoms with Crippen molar-refractivity contribution in [3.63, 3.8) is 0 Å². The molecular weight excluding hydrogens is 318 g/mol. The van der Waals surface area contributed by atoms with E-state index < -0.39 is 0 Å². The van der Waals surface area contributed by atoms with Crippen LogP contribution in [0.4, 0.5) is 0 Å². The zero-order valence-corrected chi connectivity index (χ0v) is 14.9. The van der Waals surface area contributed by atoms with Crippen molar-refractivity contribution in [3.05, 3.63) is 95.6 Å². The van der Waals surface area contributed by atoms with Crippen molar-refractivity contribution in [2.75, 3.05) is 6.61 Å². The predicted octanol–water partition coefficient (Wildman–Crippen LogP) is 5.76. The zero-order valence-electron chi connectivity index (χ0n) is 14.9. The Balaban J connectivity index is 1.43. The molecule has 0 aliphatic heterocycles. The third-order valence-corrected chi connectivity index (χ3v) is 4.43. The van der Waals surface area contributed by atoms with Gasteiger partial charge >= 0.3 is 0 Å². The van der Waals surface area contributed by atoms with Crippen molar-refractivity contribution < 1.29 is 4.74 Å². The molecule has 0 bridgehead atoms. The summed E-state index contributed by atoms with van der Waals surface area (Å²) in [6.45, 7) is 1.48. The van der Waals surface area contributed by atoms with Crippen LogP contribution in [-0.4, -0.2) is 6.61 Å². The van der Waals surface area contributed by atoms with Crippen molar-refractivity contribution >= 4 is 0 Å². The highest BCUT2D eigenvalue weighted by molar-refractivity contribution is 5.70. The molecule has 0 N–H and O–H groups in total. The van der Waals surface area contributed by atoms with Gasteiger partial charge in [-0.2, -0.15) is 5.26 Å². The molecule has 0 fully saturated rings. The molecule has 0 radical (unpaired) electrons. The van der Waals surface area contributed by atoms with E-state index in [4.69, 9.17) is 4.74 Å². The van der Waals surface area contributed by atoms with E-state index in [2.05, 4.69) is 42.5 Å². The first-order valence-electron chi connectivity index (χ1n) is 9.07. The van der Waals surface area contributed by atoms with Gasteiger partial charge in [-0.15, -0.1) is 0 Å². The normalized spacial score (nSPS) is 10.4. The Kier molecular flexibility index (Phi) is 6.59. The second-order valence-corrected chi connectivity index (χ2v) is 6.35. The van der Waals surface area contributed by atoms with Crippen LogP contribution in [0.15, 0.2) is 78.9 Å². The van der Waals surface area contributed by atoms with E-state index in [0.717, 1.165) is 42.6 Å². The fourth-order valence-corrected chi connectivity index (χ4v) is 2.98. The average Bonchev–Trinajstić information content (AvgIpc) is 2.72. The van der Waals surface area contributed by atoms with Crippen LogP contribution in [0.5, 0.6) is 0 Å². The Morgan fingerprint density at radius 2 is 1.46 bits per heavy atom. The molecule has 2 heteroatoms. The van der Waals surface area contributed by atoms with Gasteiger partial charge in [-0.1, -0.05) is 72.8 Å². The van der Waals surface area contributed by atoms with Gasteiger partial charge in [-0.3, -0.25) is 0 Å². The summed E-state index contributed by atoms with van der Waals surface area (Å²) in [4.78, 5) is 0. The third-order valence-electron chi connectivity index (χ3n) is 4.43. The maximum Gasteiger partial charge on any atom is 0.0998 e. The first kappa shape index (κ1) is 17.9. The highest BCUT2D eigenvalue weighted by Crippen LogP contribution is 2.23. The minimum atomic E-state index is 0.688. The lowest BCUT2D eigenvalue weighted by Crippen LogP contribution is -1.96. The molecule has 0 aliphatic carbocycles. The van der Waals surface area contributed by atoms with Crippen molar-refractivity contribution in [3.8, 4) is 17.2 Å². The van der Waals surface area contributed by atoms with E-state index in [-0.39, 0.29) is 0 Å². The Hall–Kier alpha value is -2.89. The molecule has 0 spiro atoms. The molecule has 2 nitrogen and oxygen atoms in total. The number of nitrogens with zero attached hydrogens (tertiary/aromatic N) is 1. The lowest BCUT2D eigenvalue weighted by Gasteiger charge is -2.07. The third kappa shape index (κ3) is 5.05. The van der Waals surface area contributed by atoms with Gasteiger partial charge in [-0.05, 0) is 47.6 Å². The molecule has 0 aromatic heterocycles. The summed E-state index contributed by atoms with van der Waals surface area (Å²) in [5, 5.41) is 9.23. The highest BCUT2D eigenvalue weighted by atomic mass is 16.5. The van der Waals surface area contributed by atoms with E-state index in [9.17, 15) is 5.26 Å². The Morgan fingerprint density at radius 3 is 2.23 bits per heavy atom. The van der Waals surface area contributed by atoms with Crippen LogP contribution in [0.25, 0.3) is 11.1 Å². The van der Waals surface area contributed by atoms with E-state index in [0.29, 0.717) is 6.61 Å². The summed E-state index contributed by atoms with van der Waals surface area (Å²) in [5.41, 5.74) is 5.36. The first-order chi connectivity index (χ1) is 12.9. The van der Waals surface area contributed by atoms with Crippen LogP contribution in [0.1, 0.15) is 29.5 Å². The summed E-state index contributed by atoms with van der Waals surface area (Å²) in [5.74, 6) is 0. The van der Waals surface area contributed by atoms with Gasteiger partial charge < -0.3 is 4.74 Å². The largest absolute Gasteiger partial charge is 0.377 e. The summed E-state index contributed by atoms with van der Waals surface area (Å²) in [7, 11) is 0. The van der Waals surface area contributed by atoms with Crippen LogP contribution in [0, 0.1) is 11.3 Å². The lowest BCUT2D eigenvalue weighted by molar-refractivity contribution is 0.117. The standard InChI is InChI=1S/C24H23NO/c25-18-23-11-4-5-12-24(23)22-15-13-20(14-16-22)8-6-7-17-26-19-21-9-2-1-3-10-21/h1-5,9-16H,6-8,17,19H2. The fraction of sp³-hybridized carbons (Fsp3) is 0.208. The zero-order chi connectivity index (χ0) is 18.0. The fourth-order valence-electron chi connectivity index (χ4n) is 2.98. The number of hydrogen-bond acceptors (Lipinski definition) is 2. The molecule has 3 aromatic carbocycles. The summed E-state index contributed by atoms with van der Waals surface area (Å²) >= 11 is 0. The van der Waals surface area contributed by atoms with Crippen LogP contribution >= 0.6 is 0 Å².